The van der Waals surface area contributed by atoms with Gasteiger partial charge >= 0.3 is 0 Å². The molecule has 2 N–H and O–H groups in total. The Balaban J connectivity index is 2.06. The quantitative estimate of drug-likeness (QED) is 0.851. The summed E-state index contributed by atoms with van der Waals surface area (Å²) in [5.41, 5.74) is 6.62. The Morgan fingerprint density at radius 3 is 2.75 bits per heavy atom. The second-order valence-corrected chi connectivity index (χ2v) is 4.53. The molecule has 0 bridgehead atoms. The molecule has 88 valence electrons. The second kappa shape index (κ2) is 4.83. The first kappa shape index (κ1) is 11.4. The zero-order valence-corrected chi connectivity index (χ0v) is 9.58. The van der Waals surface area contributed by atoms with E-state index in [0.29, 0.717) is 17.2 Å². The van der Waals surface area contributed by atoms with Crippen molar-refractivity contribution in [2.45, 2.75) is 31.7 Å². The number of benzene rings is 1. The number of methoxy groups -OCH3 is 1. The Hall–Kier alpha value is -1.09. The van der Waals surface area contributed by atoms with E-state index in [1.165, 1.54) is 32.4 Å². The van der Waals surface area contributed by atoms with E-state index in [9.17, 15) is 4.39 Å². The average molecular weight is 223 g/mol. The highest BCUT2D eigenvalue weighted by Crippen LogP contribution is 2.34. The minimum atomic E-state index is -0.258. The molecular formula is C13H18FNO. The van der Waals surface area contributed by atoms with Crippen LogP contribution in [0.25, 0.3) is 0 Å². The minimum Gasteiger partial charge on any atom is -0.497 e. The maximum absolute atomic E-state index is 13.7. The van der Waals surface area contributed by atoms with Crippen LogP contribution in [0.1, 0.15) is 37.3 Å². The molecule has 1 unspecified atom stereocenters. The zero-order valence-electron chi connectivity index (χ0n) is 9.58. The predicted octanol–water partition coefficient (Wildman–Crippen LogP) is 3.02. The van der Waals surface area contributed by atoms with E-state index in [4.69, 9.17) is 10.5 Å². The van der Waals surface area contributed by atoms with Gasteiger partial charge in [-0.25, -0.2) is 4.39 Å². The fraction of sp³-hybridized carbons (Fsp3) is 0.538. The Labute approximate surface area is 95.6 Å². The van der Waals surface area contributed by atoms with Crippen LogP contribution in [0.15, 0.2) is 18.2 Å². The van der Waals surface area contributed by atoms with E-state index in [-0.39, 0.29) is 11.9 Å². The van der Waals surface area contributed by atoms with Crippen LogP contribution in [-0.4, -0.2) is 7.11 Å². The average Bonchev–Trinajstić information content (AvgIpc) is 2.23. The van der Waals surface area contributed by atoms with Crippen LogP contribution in [0.5, 0.6) is 5.75 Å². The summed E-state index contributed by atoms with van der Waals surface area (Å²) >= 11 is 0. The molecule has 0 radical (unpaired) electrons. The molecule has 0 spiro atoms. The van der Waals surface area contributed by atoms with Gasteiger partial charge < -0.3 is 10.5 Å². The molecule has 2 nitrogen and oxygen atoms in total. The lowest BCUT2D eigenvalue weighted by Crippen LogP contribution is -2.20. The molecule has 1 saturated carbocycles. The van der Waals surface area contributed by atoms with E-state index in [0.717, 1.165) is 6.42 Å². The molecule has 1 atom stereocenters. The van der Waals surface area contributed by atoms with Crippen molar-refractivity contribution in [2.75, 3.05) is 7.11 Å². The van der Waals surface area contributed by atoms with Crippen LogP contribution in [0, 0.1) is 11.7 Å². The fourth-order valence-electron chi connectivity index (χ4n) is 2.15. The lowest BCUT2D eigenvalue weighted by atomic mass is 9.80. The summed E-state index contributed by atoms with van der Waals surface area (Å²) in [7, 11) is 1.53. The highest BCUT2D eigenvalue weighted by Gasteiger charge is 2.22. The number of ether oxygens (including phenoxy) is 1. The molecule has 16 heavy (non-hydrogen) atoms. The molecule has 2 rings (SSSR count). The van der Waals surface area contributed by atoms with Crippen molar-refractivity contribution in [2.24, 2.45) is 11.7 Å². The smallest absolute Gasteiger partial charge is 0.131 e. The highest BCUT2D eigenvalue weighted by molar-refractivity contribution is 5.30. The number of halogens is 1. The molecule has 0 amide bonds. The normalized spacial score (nSPS) is 17.9. The second-order valence-electron chi connectivity index (χ2n) is 4.53. The molecule has 1 aromatic rings. The van der Waals surface area contributed by atoms with Gasteiger partial charge in [-0.1, -0.05) is 25.3 Å². The highest BCUT2D eigenvalue weighted by atomic mass is 19.1. The third kappa shape index (κ3) is 2.35. The van der Waals surface area contributed by atoms with Gasteiger partial charge in [0, 0.05) is 17.7 Å². The maximum Gasteiger partial charge on any atom is 0.131 e. The SMILES string of the molecule is COc1ccc(C(N)CC2CCC2)c(F)c1. The van der Waals surface area contributed by atoms with Crippen LogP contribution >= 0.6 is 0 Å². The summed E-state index contributed by atoms with van der Waals surface area (Å²) in [6.07, 6.45) is 4.67. The fourth-order valence-corrected chi connectivity index (χ4v) is 2.15. The molecule has 1 aromatic carbocycles. The first-order valence-electron chi connectivity index (χ1n) is 5.79. The van der Waals surface area contributed by atoms with Crippen LogP contribution in [0.2, 0.25) is 0 Å². The van der Waals surface area contributed by atoms with Crippen molar-refractivity contribution in [3.8, 4) is 5.75 Å². The molecule has 1 aliphatic carbocycles. The molecule has 0 aliphatic heterocycles. The Morgan fingerprint density at radius 1 is 1.50 bits per heavy atom. The van der Waals surface area contributed by atoms with Gasteiger partial charge in [0.25, 0.3) is 0 Å². The molecule has 0 heterocycles. The van der Waals surface area contributed by atoms with Crippen LogP contribution in [0.3, 0.4) is 0 Å². The van der Waals surface area contributed by atoms with Crippen molar-refractivity contribution >= 4 is 0 Å². The van der Waals surface area contributed by atoms with Gasteiger partial charge in [0.1, 0.15) is 11.6 Å². The lowest BCUT2D eigenvalue weighted by molar-refractivity contribution is 0.275. The number of hydrogen-bond donors (Lipinski definition) is 1. The van der Waals surface area contributed by atoms with Gasteiger partial charge in [0.2, 0.25) is 0 Å². The number of nitrogens with two attached hydrogens (primary N) is 1. The van der Waals surface area contributed by atoms with E-state index in [1.807, 2.05) is 0 Å². The van der Waals surface area contributed by atoms with Crippen LogP contribution in [-0.2, 0) is 0 Å². The first-order valence-corrected chi connectivity index (χ1v) is 5.79. The third-order valence-corrected chi connectivity index (χ3v) is 3.42. The van der Waals surface area contributed by atoms with Gasteiger partial charge in [-0.3, -0.25) is 0 Å². The summed E-state index contributed by atoms with van der Waals surface area (Å²) in [5, 5.41) is 0. The number of hydrogen-bond acceptors (Lipinski definition) is 2. The topological polar surface area (TPSA) is 35.2 Å². The first-order chi connectivity index (χ1) is 7.70. The molecule has 1 aliphatic rings. The summed E-state index contributed by atoms with van der Waals surface area (Å²) in [4.78, 5) is 0. The molecule has 0 saturated heterocycles. The van der Waals surface area contributed by atoms with Gasteiger partial charge in [-0.15, -0.1) is 0 Å². The van der Waals surface area contributed by atoms with Crippen molar-refractivity contribution in [1.82, 2.24) is 0 Å². The zero-order chi connectivity index (χ0) is 11.5. The molecule has 0 aromatic heterocycles. The van der Waals surface area contributed by atoms with Crippen molar-refractivity contribution in [3.63, 3.8) is 0 Å². The van der Waals surface area contributed by atoms with E-state index >= 15 is 0 Å². The largest absolute Gasteiger partial charge is 0.497 e. The van der Waals surface area contributed by atoms with E-state index in [1.54, 1.807) is 12.1 Å². The van der Waals surface area contributed by atoms with Gasteiger partial charge in [0.05, 0.1) is 7.11 Å². The molecule has 1 fully saturated rings. The van der Waals surface area contributed by atoms with Gasteiger partial charge in [0.15, 0.2) is 0 Å². The monoisotopic (exact) mass is 223 g/mol. The Morgan fingerprint density at radius 2 is 2.25 bits per heavy atom. The molecular weight excluding hydrogens is 205 g/mol. The predicted molar refractivity (Wildman–Crippen MR) is 61.8 cm³/mol. The van der Waals surface area contributed by atoms with Crippen molar-refractivity contribution < 1.29 is 9.13 Å². The summed E-state index contributed by atoms with van der Waals surface area (Å²) in [6.45, 7) is 0. The summed E-state index contributed by atoms with van der Waals surface area (Å²) < 4.78 is 18.7. The minimum absolute atomic E-state index is 0.184. The third-order valence-electron chi connectivity index (χ3n) is 3.42. The maximum atomic E-state index is 13.7. The molecule has 3 heteroatoms. The number of rotatable bonds is 4. The van der Waals surface area contributed by atoms with Crippen molar-refractivity contribution in [3.05, 3.63) is 29.6 Å². The van der Waals surface area contributed by atoms with E-state index in [2.05, 4.69) is 0 Å². The van der Waals surface area contributed by atoms with Crippen LogP contribution in [0.4, 0.5) is 4.39 Å². The van der Waals surface area contributed by atoms with Crippen molar-refractivity contribution in [1.29, 1.82) is 0 Å². The lowest BCUT2D eigenvalue weighted by Gasteiger charge is -2.28. The summed E-state index contributed by atoms with van der Waals surface area (Å²) in [5.74, 6) is 0.972. The summed E-state index contributed by atoms with van der Waals surface area (Å²) in [6, 6.07) is 4.71. The van der Waals surface area contributed by atoms with Crippen LogP contribution < -0.4 is 10.5 Å². The van der Waals surface area contributed by atoms with E-state index < -0.39 is 0 Å². The standard InChI is InChI=1S/C13H18FNO/c1-16-10-5-6-11(12(14)8-10)13(15)7-9-3-2-4-9/h5-6,8-9,13H,2-4,7,15H2,1H3. The van der Waals surface area contributed by atoms with Gasteiger partial charge in [-0.2, -0.15) is 0 Å². The Bertz CT molecular complexity index is 363. The van der Waals surface area contributed by atoms with Gasteiger partial charge in [-0.05, 0) is 18.4 Å². The Kier molecular flexibility index (Phi) is 3.44.